The van der Waals surface area contributed by atoms with Gasteiger partial charge in [0.15, 0.2) is 0 Å². The molecule has 1 aromatic rings. The van der Waals surface area contributed by atoms with Crippen LogP contribution in [-0.2, 0) is 4.79 Å². The molecule has 0 unspecified atom stereocenters. The first-order valence-corrected chi connectivity index (χ1v) is 4.34. The molecule has 1 rings (SSSR count). The summed E-state index contributed by atoms with van der Waals surface area (Å²) in [6.07, 6.45) is 2.37. The second-order valence-electron chi connectivity index (χ2n) is 3.15. The van der Waals surface area contributed by atoms with E-state index in [-0.39, 0.29) is 0 Å². The van der Waals surface area contributed by atoms with E-state index in [1.807, 2.05) is 0 Å². The Hall–Kier alpha value is -2.24. The average Bonchev–Trinajstić information content (AvgIpc) is 2.18. The van der Waals surface area contributed by atoms with Gasteiger partial charge in [-0.2, -0.15) is 4.39 Å². The second-order valence-corrected chi connectivity index (χ2v) is 3.15. The van der Waals surface area contributed by atoms with Crippen LogP contribution in [0.15, 0.2) is 18.2 Å². The minimum absolute atomic E-state index is 0.377. The first-order chi connectivity index (χ1) is 7.41. The number of hydrogen-bond acceptors (Lipinski definition) is 3. The number of nitro benzene ring substituents is 1. The van der Waals surface area contributed by atoms with E-state index < -0.39 is 22.3 Å². The number of nitrogens with zero attached hydrogens (tertiary/aromatic N) is 1. The lowest BCUT2D eigenvalue weighted by atomic mass is 10.1. The van der Waals surface area contributed by atoms with Crippen LogP contribution in [0.2, 0.25) is 0 Å². The highest BCUT2D eigenvalue weighted by atomic mass is 19.1. The van der Waals surface area contributed by atoms with Crippen molar-refractivity contribution in [3.63, 3.8) is 0 Å². The highest BCUT2D eigenvalue weighted by Gasteiger charge is 2.15. The number of rotatable bonds is 3. The molecular weight excluding hydrogens is 215 g/mol. The summed E-state index contributed by atoms with van der Waals surface area (Å²) in [4.78, 5) is 20.1. The van der Waals surface area contributed by atoms with Gasteiger partial charge < -0.3 is 5.73 Å². The monoisotopic (exact) mass is 224 g/mol. The fourth-order valence-electron chi connectivity index (χ4n) is 1.17. The Balaban J connectivity index is 3.20. The van der Waals surface area contributed by atoms with Crippen LogP contribution in [0.25, 0.3) is 6.08 Å². The molecule has 1 amide bonds. The summed E-state index contributed by atoms with van der Waals surface area (Å²) in [6.45, 7) is 1.58. The average molecular weight is 224 g/mol. The van der Waals surface area contributed by atoms with Crippen LogP contribution in [0.5, 0.6) is 0 Å². The Kier molecular flexibility index (Phi) is 3.34. The summed E-state index contributed by atoms with van der Waals surface area (Å²) in [5.41, 5.74) is 5.16. The predicted octanol–water partition coefficient (Wildman–Crippen LogP) is 1.54. The van der Waals surface area contributed by atoms with E-state index in [9.17, 15) is 19.3 Å². The van der Waals surface area contributed by atoms with Crippen molar-refractivity contribution in [1.29, 1.82) is 0 Å². The molecule has 0 bridgehead atoms. The maximum atomic E-state index is 13.2. The number of carbonyl (C=O) groups is 1. The number of aryl methyl sites for hydroxylation is 1. The van der Waals surface area contributed by atoms with Crippen LogP contribution < -0.4 is 5.73 Å². The topological polar surface area (TPSA) is 86.2 Å². The molecule has 2 N–H and O–H groups in total. The molecule has 5 nitrogen and oxygen atoms in total. The smallest absolute Gasteiger partial charge is 0.305 e. The molecule has 0 spiro atoms. The molecule has 0 aliphatic heterocycles. The van der Waals surface area contributed by atoms with Gasteiger partial charge in [0.1, 0.15) is 0 Å². The lowest BCUT2D eigenvalue weighted by Crippen LogP contribution is -2.05. The third-order valence-corrected chi connectivity index (χ3v) is 1.96. The first-order valence-electron chi connectivity index (χ1n) is 4.34. The Morgan fingerprint density at radius 3 is 2.69 bits per heavy atom. The third-order valence-electron chi connectivity index (χ3n) is 1.96. The molecule has 0 saturated heterocycles. The van der Waals surface area contributed by atoms with Crippen molar-refractivity contribution in [2.45, 2.75) is 6.92 Å². The van der Waals surface area contributed by atoms with Gasteiger partial charge in [0.05, 0.1) is 4.92 Å². The van der Waals surface area contributed by atoms with Crippen LogP contribution in [0.1, 0.15) is 11.1 Å². The lowest BCUT2D eigenvalue weighted by Gasteiger charge is -2.01. The molecule has 0 fully saturated rings. The molecule has 0 aromatic heterocycles. The van der Waals surface area contributed by atoms with Crippen LogP contribution >= 0.6 is 0 Å². The Morgan fingerprint density at radius 1 is 1.56 bits per heavy atom. The van der Waals surface area contributed by atoms with E-state index in [1.165, 1.54) is 6.08 Å². The molecule has 0 atom stereocenters. The Bertz CT molecular complexity index is 483. The van der Waals surface area contributed by atoms with Gasteiger partial charge in [-0.25, -0.2) is 0 Å². The molecule has 84 valence electrons. The van der Waals surface area contributed by atoms with Gasteiger partial charge in [-0.3, -0.25) is 14.9 Å². The summed E-state index contributed by atoms with van der Waals surface area (Å²) in [5, 5.41) is 10.4. The first kappa shape index (κ1) is 11.8. The van der Waals surface area contributed by atoms with Gasteiger partial charge in [-0.05, 0) is 30.2 Å². The molecule has 16 heavy (non-hydrogen) atoms. The number of hydrogen-bond donors (Lipinski definition) is 1. The van der Waals surface area contributed by atoms with Gasteiger partial charge in [0, 0.05) is 12.1 Å². The van der Waals surface area contributed by atoms with Gasteiger partial charge in [-0.1, -0.05) is 0 Å². The van der Waals surface area contributed by atoms with E-state index in [4.69, 9.17) is 5.73 Å². The Morgan fingerprint density at radius 2 is 2.19 bits per heavy atom. The zero-order valence-electron chi connectivity index (χ0n) is 8.44. The van der Waals surface area contributed by atoms with E-state index in [0.29, 0.717) is 11.1 Å². The number of amides is 1. The van der Waals surface area contributed by atoms with Crippen molar-refractivity contribution < 1.29 is 14.1 Å². The molecule has 0 aliphatic carbocycles. The number of benzene rings is 1. The minimum atomic E-state index is -0.945. The Labute approximate surface area is 90.5 Å². The molecule has 0 aliphatic rings. The van der Waals surface area contributed by atoms with E-state index in [0.717, 1.165) is 18.2 Å². The second kappa shape index (κ2) is 4.52. The summed E-state index contributed by atoms with van der Waals surface area (Å²) in [5.74, 6) is -1.61. The zero-order valence-corrected chi connectivity index (χ0v) is 8.44. The highest BCUT2D eigenvalue weighted by Crippen LogP contribution is 2.22. The van der Waals surface area contributed by atoms with Gasteiger partial charge in [-0.15, -0.1) is 0 Å². The van der Waals surface area contributed by atoms with Crippen molar-refractivity contribution in [2.24, 2.45) is 5.73 Å². The highest BCUT2D eigenvalue weighted by molar-refractivity contribution is 5.90. The summed E-state index contributed by atoms with van der Waals surface area (Å²) in [7, 11) is 0. The standard InChI is InChI=1S/C10H9FN2O3/c1-6-4-9(13(15)16)8(11)5-7(6)2-3-10(12)14/h2-5H,1H3,(H2,12,14). The fourth-order valence-corrected chi connectivity index (χ4v) is 1.17. The van der Waals surface area contributed by atoms with Gasteiger partial charge >= 0.3 is 5.69 Å². The summed E-state index contributed by atoms with van der Waals surface area (Å²) >= 11 is 0. The van der Waals surface area contributed by atoms with Gasteiger partial charge in [0.2, 0.25) is 11.7 Å². The maximum Gasteiger partial charge on any atom is 0.305 e. The zero-order chi connectivity index (χ0) is 12.3. The van der Waals surface area contributed by atoms with Gasteiger partial charge in [0.25, 0.3) is 0 Å². The minimum Gasteiger partial charge on any atom is -0.366 e. The van der Waals surface area contributed by atoms with Crippen molar-refractivity contribution in [3.8, 4) is 0 Å². The van der Waals surface area contributed by atoms with E-state index >= 15 is 0 Å². The molecule has 6 heteroatoms. The number of halogens is 1. The summed E-state index contributed by atoms with van der Waals surface area (Å²) < 4.78 is 13.2. The van der Waals surface area contributed by atoms with Crippen LogP contribution in [-0.4, -0.2) is 10.8 Å². The quantitative estimate of drug-likeness (QED) is 0.480. The predicted molar refractivity (Wildman–Crippen MR) is 56.0 cm³/mol. The van der Waals surface area contributed by atoms with Crippen LogP contribution in [0.3, 0.4) is 0 Å². The van der Waals surface area contributed by atoms with Crippen molar-refractivity contribution in [2.75, 3.05) is 0 Å². The lowest BCUT2D eigenvalue weighted by molar-refractivity contribution is -0.387. The molecule has 0 radical (unpaired) electrons. The third kappa shape index (κ3) is 2.63. The molecule has 0 saturated carbocycles. The normalized spacial score (nSPS) is 10.6. The summed E-state index contributed by atoms with van der Waals surface area (Å²) in [6, 6.07) is 2.10. The fraction of sp³-hybridized carbons (Fsp3) is 0.100. The number of nitro groups is 1. The SMILES string of the molecule is Cc1cc([N+](=O)[O-])c(F)cc1C=CC(N)=O. The van der Waals surface area contributed by atoms with Crippen LogP contribution in [0, 0.1) is 22.9 Å². The molecular formula is C10H9FN2O3. The maximum absolute atomic E-state index is 13.2. The van der Waals surface area contributed by atoms with Crippen LogP contribution in [0.4, 0.5) is 10.1 Å². The molecule has 0 heterocycles. The van der Waals surface area contributed by atoms with Crippen molar-refractivity contribution in [1.82, 2.24) is 0 Å². The largest absolute Gasteiger partial charge is 0.366 e. The number of nitrogens with two attached hydrogens (primary N) is 1. The van der Waals surface area contributed by atoms with E-state index in [2.05, 4.69) is 0 Å². The number of primary amides is 1. The molecule has 1 aromatic carbocycles. The number of carbonyl (C=O) groups excluding carboxylic acids is 1. The van der Waals surface area contributed by atoms with Crippen molar-refractivity contribution >= 4 is 17.7 Å². The van der Waals surface area contributed by atoms with E-state index in [1.54, 1.807) is 6.92 Å². The van der Waals surface area contributed by atoms with Crippen molar-refractivity contribution in [3.05, 3.63) is 45.3 Å².